The fourth-order valence-electron chi connectivity index (χ4n) is 3.23. The lowest BCUT2D eigenvalue weighted by molar-refractivity contribution is 0.475. The number of aromatic nitrogens is 1. The third-order valence-electron chi connectivity index (χ3n) is 4.69. The standard InChI is InChI=1S/C24H17N3O2S/c28-22-13-12-17-7-4-5-10-19(17)20(22)15-25-27-21(23-11-6-14-29-23)16-30-24(27)26-18-8-2-1-3-9-18/h1-16,28H. The maximum Gasteiger partial charge on any atom is 0.211 e. The summed E-state index contributed by atoms with van der Waals surface area (Å²) in [5.41, 5.74) is 2.28. The van der Waals surface area contributed by atoms with Crippen molar-refractivity contribution in [3.63, 3.8) is 0 Å². The van der Waals surface area contributed by atoms with Crippen LogP contribution in [0.1, 0.15) is 5.56 Å². The highest BCUT2D eigenvalue weighted by atomic mass is 32.1. The Bertz CT molecular complexity index is 1400. The van der Waals surface area contributed by atoms with Gasteiger partial charge in [-0.15, -0.1) is 11.3 Å². The van der Waals surface area contributed by atoms with Crippen LogP contribution in [0.15, 0.2) is 105 Å². The molecule has 146 valence electrons. The summed E-state index contributed by atoms with van der Waals surface area (Å²) in [5.74, 6) is 0.870. The minimum absolute atomic E-state index is 0.175. The number of aromatic hydroxyl groups is 1. The second-order valence-corrected chi connectivity index (χ2v) is 7.44. The van der Waals surface area contributed by atoms with Gasteiger partial charge in [0, 0.05) is 10.9 Å². The minimum Gasteiger partial charge on any atom is -0.507 e. The minimum atomic E-state index is 0.175. The largest absolute Gasteiger partial charge is 0.507 e. The van der Waals surface area contributed by atoms with Gasteiger partial charge in [-0.1, -0.05) is 48.5 Å². The molecule has 2 aromatic heterocycles. The number of furan rings is 1. The molecule has 5 aromatic rings. The SMILES string of the molecule is Oc1ccc2ccccc2c1C=Nn1c(-c2ccco2)csc1=Nc1ccccc1. The smallest absolute Gasteiger partial charge is 0.211 e. The van der Waals surface area contributed by atoms with Gasteiger partial charge in [-0.25, -0.2) is 9.67 Å². The first-order valence-electron chi connectivity index (χ1n) is 9.39. The summed E-state index contributed by atoms with van der Waals surface area (Å²) in [4.78, 5) is 5.43. The van der Waals surface area contributed by atoms with Crippen molar-refractivity contribution in [2.24, 2.45) is 10.1 Å². The van der Waals surface area contributed by atoms with Gasteiger partial charge in [-0.3, -0.25) is 0 Å². The predicted molar refractivity (Wildman–Crippen MR) is 120 cm³/mol. The van der Waals surface area contributed by atoms with E-state index >= 15 is 0 Å². The zero-order valence-corrected chi connectivity index (χ0v) is 16.7. The Morgan fingerprint density at radius 2 is 1.73 bits per heavy atom. The van der Waals surface area contributed by atoms with Crippen LogP contribution >= 0.6 is 11.3 Å². The lowest BCUT2D eigenvalue weighted by Crippen LogP contribution is -2.11. The van der Waals surface area contributed by atoms with Gasteiger partial charge < -0.3 is 9.52 Å². The number of hydrogen-bond donors (Lipinski definition) is 1. The number of benzene rings is 3. The van der Waals surface area contributed by atoms with Crippen molar-refractivity contribution in [1.29, 1.82) is 0 Å². The summed E-state index contributed by atoms with van der Waals surface area (Å²) in [6.07, 6.45) is 3.30. The molecule has 5 rings (SSSR count). The number of para-hydroxylation sites is 1. The van der Waals surface area contributed by atoms with E-state index in [1.807, 2.05) is 78.2 Å². The molecule has 3 aromatic carbocycles. The maximum atomic E-state index is 10.5. The van der Waals surface area contributed by atoms with Gasteiger partial charge >= 0.3 is 0 Å². The lowest BCUT2D eigenvalue weighted by atomic mass is 10.0. The van der Waals surface area contributed by atoms with E-state index < -0.39 is 0 Å². The van der Waals surface area contributed by atoms with Crippen LogP contribution in [-0.2, 0) is 0 Å². The molecule has 5 nitrogen and oxygen atoms in total. The van der Waals surface area contributed by atoms with E-state index in [9.17, 15) is 5.11 Å². The first kappa shape index (κ1) is 18.1. The Morgan fingerprint density at radius 1 is 0.900 bits per heavy atom. The van der Waals surface area contributed by atoms with E-state index in [-0.39, 0.29) is 5.75 Å². The molecular weight excluding hydrogens is 394 g/mol. The van der Waals surface area contributed by atoms with E-state index in [1.165, 1.54) is 11.3 Å². The van der Waals surface area contributed by atoms with Crippen LogP contribution in [0.4, 0.5) is 5.69 Å². The van der Waals surface area contributed by atoms with Crippen LogP contribution in [0.5, 0.6) is 5.75 Å². The van der Waals surface area contributed by atoms with E-state index in [0.29, 0.717) is 16.1 Å². The topological polar surface area (TPSA) is 63.0 Å². The van der Waals surface area contributed by atoms with Crippen molar-refractivity contribution < 1.29 is 9.52 Å². The predicted octanol–water partition coefficient (Wildman–Crippen LogP) is 5.78. The summed E-state index contributed by atoms with van der Waals surface area (Å²) < 4.78 is 7.32. The van der Waals surface area contributed by atoms with E-state index in [2.05, 4.69) is 5.10 Å². The number of rotatable bonds is 4. The lowest BCUT2D eigenvalue weighted by Gasteiger charge is -2.05. The molecule has 6 heteroatoms. The summed E-state index contributed by atoms with van der Waals surface area (Å²) in [6.45, 7) is 0. The Morgan fingerprint density at radius 3 is 2.57 bits per heavy atom. The van der Waals surface area contributed by atoms with Crippen LogP contribution < -0.4 is 4.80 Å². The zero-order valence-electron chi connectivity index (χ0n) is 15.8. The number of fused-ring (bicyclic) bond motifs is 1. The molecule has 0 amide bonds. The van der Waals surface area contributed by atoms with Crippen molar-refractivity contribution in [2.45, 2.75) is 0 Å². The third-order valence-corrected chi connectivity index (χ3v) is 5.51. The summed E-state index contributed by atoms with van der Waals surface area (Å²) in [5, 5.41) is 19.1. The molecule has 0 spiro atoms. The van der Waals surface area contributed by atoms with Crippen LogP contribution in [-0.4, -0.2) is 16.0 Å². The highest BCUT2D eigenvalue weighted by molar-refractivity contribution is 7.07. The quantitative estimate of drug-likeness (QED) is 0.381. The van der Waals surface area contributed by atoms with Gasteiger partial charge in [-0.2, -0.15) is 5.10 Å². The monoisotopic (exact) mass is 411 g/mol. The normalized spacial score (nSPS) is 12.2. The third kappa shape index (κ3) is 3.44. The van der Waals surface area contributed by atoms with E-state index in [4.69, 9.17) is 9.41 Å². The number of hydrogen-bond acceptors (Lipinski definition) is 5. The molecule has 2 heterocycles. The van der Waals surface area contributed by atoms with Gasteiger partial charge in [0.25, 0.3) is 0 Å². The average molecular weight is 411 g/mol. The van der Waals surface area contributed by atoms with E-state index in [1.54, 1.807) is 23.2 Å². The number of thiazole rings is 1. The molecule has 0 aliphatic rings. The number of phenolic OH excluding ortho intramolecular Hbond substituents is 1. The van der Waals surface area contributed by atoms with Crippen molar-refractivity contribution in [2.75, 3.05) is 0 Å². The molecule has 0 bridgehead atoms. The molecule has 0 atom stereocenters. The summed E-state index contributed by atoms with van der Waals surface area (Å²) >= 11 is 1.47. The van der Waals surface area contributed by atoms with Gasteiger partial charge in [0.2, 0.25) is 4.80 Å². The van der Waals surface area contributed by atoms with Crippen LogP contribution in [0.25, 0.3) is 22.2 Å². The van der Waals surface area contributed by atoms with Gasteiger partial charge in [0.05, 0.1) is 18.2 Å². The Hall–Kier alpha value is -3.90. The molecule has 30 heavy (non-hydrogen) atoms. The average Bonchev–Trinajstić information content (AvgIpc) is 3.44. The fourth-order valence-corrected chi connectivity index (χ4v) is 4.07. The first-order valence-corrected chi connectivity index (χ1v) is 10.3. The Kier molecular flexibility index (Phi) is 4.75. The fraction of sp³-hybridized carbons (Fsp3) is 0. The molecular formula is C24H17N3O2S. The molecule has 0 aliphatic heterocycles. The van der Waals surface area contributed by atoms with Crippen molar-refractivity contribution in [3.8, 4) is 17.2 Å². The molecule has 0 unspecified atom stereocenters. The highest BCUT2D eigenvalue weighted by Gasteiger charge is 2.11. The molecule has 1 N–H and O–H groups in total. The van der Waals surface area contributed by atoms with Crippen LogP contribution in [0, 0.1) is 0 Å². The number of nitrogens with zero attached hydrogens (tertiary/aromatic N) is 3. The van der Waals surface area contributed by atoms with E-state index in [0.717, 1.165) is 22.2 Å². The van der Waals surface area contributed by atoms with Crippen LogP contribution in [0.2, 0.25) is 0 Å². The summed E-state index contributed by atoms with van der Waals surface area (Å²) in [7, 11) is 0. The highest BCUT2D eigenvalue weighted by Crippen LogP contribution is 2.26. The second kappa shape index (κ2) is 7.85. The molecule has 0 aliphatic carbocycles. The van der Waals surface area contributed by atoms with Crippen LogP contribution in [0.3, 0.4) is 0 Å². The van der Waals surface area contributed by atoms with Gasteiger partial charge in [0.15, 0.2) is 5.76 Å². The van der Waals surface area contributed by atoms with Crippen molar-refractivity contribution in [3.05, 3.63) is 101 Å². The second-order valence-electron chi connectivity index (χ2n) is 6.60. The van der Waals surface area contributed by atoms with Crippen molar-refractivity contribution >= 4 is 34.0 Å². The van der Waals surface area contributed by atoms with Gasteiger partial charge in [-0.05, 0) is 41.1 Å². The molecule has 0 fully saturated rings. The summed E-state index contributed by atoms with van der Waals surface area (Å²) in [6, 6.07) is 24.9. The maximum absolute atomic E-state index is 10.5. The zero-order chi connectivity index (χ0) is 20.3. The van der Waals surface area contributed by atoms with Gasteiger partial charge in [0.1, 0.15) is 11.4 Å². The Labute approximate surface area is 176 Å². The first-order chi connectivity index (χ1) is 14.8. The molecule has 0 radical (unpaired) electrons. The molecule has 0 saturated carbocycles. The molecule has 0 saturated heterocycles. The van der Waals surface area contributed by atoms with Crippen molar-refractivity contribution in [1.82, 2.24) is 4.68 Å². The Balaban J connectivity index is 1.68. The number of phenols is 1.